The molecule has 4 nitrogen and oxygen atoms in total. The summed E-state index contributed by atoms with van der Waals surface area (Å²) in [6.07, 6.45) is 4.75. The summed E-state index contributed by atoms with van der Waals surface area (Å²) < 4.78 is 26.9. The third kappa shape index (κ3) is 4.16. The zero-order valence-corrected chi connectivity index (χ0v) is 16.0. The standard InChI is InChI=1S/C23H21F2N3O/c1-15(20-7-2-3-12-26-20)28-22(29)18-13-17-5-4-6-19(21(17)27-14-18)16-8-10-23(24,25)11-9-16/h2-8,12-15H,9-11H2,1H3,(H,28,29). The summed E-state index contributed by atoms with van der Waals surface area (Å²) >= 11 is 0. The van der Waals surface area contributed by atoms with Crippen molar-refractivity contribution in [3.63, 3.8) is 0 Å². The molecule has 0 bridgehead atoms. The van der Waals surface area contributed by atoms with Crippen LogP contribution in [-0.4, -0.2) is 21.8 Å². The Morgan fingerprint density at radius 1 is 1.17 bits per heavy atom. The van der Waals surface area contributed by atoms with E-state index >= 15 is 0 Å². The number of hydrogen-bond acceptors (Lipinski definition) is 3. The number of fused-ring (bicyclic) bond motifs is 1. The van der Waals surface area contributed by atoms with Crippen LogP contribution in [0.15, 0.2) is 60.9 Å². The van der Waals surface area contributed by atoms with Crippen molar-refractivity contribution < 1.29 is 13.6 Å². The molecule has 6 heteroatoms. The third-order valence-corrected chi connectivity index (χ3v) is 5.21. The first-order valence-electron chi connectivity index (χ1n) is 9.61. The second-order valence-corrected chi connectivity index (χ2v) is 7.34. The predicted octanol–water partition coefficient (Wildman–Crippen LogP) is 5.32. The topological polar surface area (TPSA) is 54.9 Å². The Balaban J connectivity index is 1.59. The molecule has 0 saturated carbocycles. The number of para-hydroxylation sites is 1. The van der Waals surface area contributed by atoms with Gasteiger partial charge in [0, 0.05) is 36.2 Å². The fraction of sp³-hybridized carbons (Fsp3) is 0.261. The lowest BCUT2D eigenvalue weighted by atomic mass is 9.90. The van der Waals surface area contributed by atoms with Crippen molar-refractivity contribution in [1.29, 1.82) is 0 Å². The van der Waals surface area contributed by atoms with Crippen molar-refractivity contribution in [1.82, 2.24) is 15.3 Å². The van der Waals surface area contributed by atoms with Crippen molar-refractivity contribution in [3.8, 4) is 0 Å². The predicted molar refractivity (Wildman–Crippen MR) is 109 cm³/mol. The van der Waals surface area contributed by atoms with Gasteiger partial charge in [0.1, 0.15) is 0 Å². The highest BCUT2D eigenvalue weighted by molar-refractivity contribution is 5.99. The van der Waals surface area contributed by atoms with Gasteiger partial charge in [0.25, 0.3) is 11.8 Å². The number of pyridine rings is 2. The van der Waals surface area contributed by atoms with Crippen molar-refractivity contribution in [2.75, 3.05) is 0 Å². The summed E-state index contributed by atoms with van der Waals surface area (Å²) in [5.41, 5.74) is 3.68. The lowest BCUT2D eigenvalue weighted by Crippen LogP contribution is -2.27. The maximum Gasteiger partial charge on any atom is 0.253 e. The van der Waals surface area contributed by atoms with E-state index in [0.29, 0.717) is 12.0 Å². The van der Waals surface area contributed by atoms with Crippen molar-refractivity contribution >= 4 is 22.4 Å². The van der Waals surface area contributed by atoms with Gasteiger partial charge in [-0.05, 0) is 37.1 Å². The number of nitrogens with one attached hydrogen (secondary N) is 1. The van der Waals surface area contributed by atoms with Gasteiger partial charge < -0.3 is 5.32 Å². The van der Waals surface area contributed by atoms with E-state index in [-0.39, 0.29) is 24.8 Å². The molecule has 1 aliphatic rings. The molecule has 1 amide bonds. The van der Waals surface area contributed by atoms with E-state index < -0.39 is 5.92 Å². The van der Waals surface area contributed by atoms with Gasteiger partial charge in [0.15, 0.2) is 0 Å². The first-order valence-corrected chi connectivity index (χ1v) is 9.61. The monoisotopic (exact) mass is 393 g/mol. The second kappa shape index (κ2) is 7.70. The van der Waals surface area contributed by atoms with Gasteiger partial charge in [-0.15, -0.1) is 0 Å². The molecule has 1 aliphatic carbocycles. The molecular weight excluding hydrogens is 372 g/mol. The summed E-state index contributed by atoms with van der Waals surface area (Å²) in [4.78, 5) is 21.4. The van der Waals surface area contributed by atoms with Gasteiger partial charge in [-0.3, -0.25) is 14.8 Å². The Hall–Kier alpha value is -3.15. The molecule has 0 spiro atoms. The van der Waals surface area contributed by atoms with Crippen LogP contribution in [0.2, 0.25) is 0 Å². The molecule has 1 atom stereocenters. The quantitative estimate of drug-likeness (QED) is 0.652. The van der Waals surface area contributed by atoms with E-state index in [4.69, 9.17) is 0 Å². The van der Waals surface area contributed by atoms with Crippen LogP contribution in [0.3, 0.4) is 0 Å². The zero-order valence-electron chi connectivity index (χ0n) is 16.0. The molecule has 2 aromatic heterocycles. The van der Waals surface area contributed by atoms with Gasteiger partial charge in [0.2, 0.25) is 0 Å². The number of carbonyl (C=O) groups is 1. The maximum absolute atomic E-state index is 13.5. The summed E-state index contributed by atoms with van der Waals surface area (Å²) in [5.74, 6) is -2.86. The summed E-state index contributed by atoms with van der Waals surface area (Å²) in [6, 6.07) is 12.7. The van der Waals surface area contributed by atoms with E-state index in [1.807, 2.05) is 43.3 Å². The van der Waals surface area contributed by atoms with Gasteiger partial charge in [-0.25, -0.2) is 8.78 Å². The number of carbonyl (C=O) groups excluding carboxylic acids is 1. The van der Waals surface area contributed by atoms with Crippen LogP contribution in [0.25, 0.3) is 16.5 Å². The average Bonchev–Trinajstić information content (AvgIpc) is 2.73. The van der Waals surface area contributed by atoms with Gasteiger partial charge >= 0.3 is 0 Å². The zero-order chi connectivity index (χ0) is 20.4. The van der Waals surface area contributed by atoms with E-state index in [2.05, 4.69) is 15.3 Å². The normalized spacial score (nSPS) is 16.9. The fourth-order valence-electron chi connectivity index (χ4n) is 3.57. The second-order valence-electron chi connectivity index (χ2n) is 7.34. The summed E-state index contributed by atoms with van der Waals surface area (Å²) in [7, 11) is 0. The van der Waals surface area contributed by atoms with Gasteiger partial charge in [-0.1, -0.05) is 30.3 Å². The molecule has 3 aromatic rings. The number of amides is 1. The van der Waals surface area contributed by atoms with Gasteiger partial charge in [-0.2, -0.15) is 0 Å². The van der Waals surface area contributed by atoms with E-state index in [9.17, 15) is 13.6 Å². The molecule has 0 radical (unpaired) electrons. The number of alkyl halides is 2. The Bertz CT molecular complexity index is 1080. The summed E-state index contributed by atoms with van der Waals surface area (Å²) in [6.45, 7) is 1.87. The Morgan fingerprint density at radius 3 is 2.76 bits per heavy atom. The number of benzene rings is 1. The number of nitrogens with zero attached hydrogens (tertiary/aromatic N) is 2. The van der Waals surface area contributed by atoms with Crippen molar-refractivity contribution in [2.24, 2.45) is 0 Å². The largest absolute Gasteiger partial charge is 0.344 e. The number of hydrogen-bond donors (Lipinski definition) is 1. The fourth-order valence-corrected chi connectivity index (χ4v) is 3.57. The number of aromatic nitrogens is 2. The highest BCUT2D eigenvalue weighted by Gasteiger charge is 2.31. The highest BCUT2D eigenvalue weighted by Crippen LogP contribution is 2.37. The van der Waals surface area contributed by atoms with E-state index in [1.54, 1.807) is 18.3 Å². The Morgan fingerprint density at radius 2 is 2.03 bits per heavy atom. The van der Waals surface area contributed by atoms with Crippen LogP contribution in [0, 0.1) is 0 Å². The van der Waals surface area contributed by atoms with Crippen LogP contribution in [-0.2, 0) is 0 Å². The van der Waals surface area contributed by atoms with Crippen LogP contribution in [0.4, 0.5) is 8.78 Å². The number of rotatable bonds is 4. The minimum absolute atomic E-state index is 0.152. The first kappa shape index (κ1) is 19.2. The molecule has 148 valence electrons. The minimum atomic E-state index is -2.63. The number of allylic oxidation sites excluding steroid dienone is 2. The van der Waals surface area contributed by atoms with Crippen LogP contribution < -0.4 is 5.32 Å². The molecule has 2 heterocycles. The van der Waals surface area contributed by atoms with Gasteiger partial charge in [0.05, 0.1) is 22.8 Å². The van der Waals surface area contributed by atoms with Crippen LogP contribution in [0.1, 0.15) is 53.8 Å². The maximum atomic E-state index is 13.5. The molecule has 29 heavy (non-hydrogen) atoms. The minimum Gasteiger partial charge on any atom is -0.344 e. The molecule has 1 aromatic carbocycles. The Kier molecular flexibility index (Phi) is 5.09. The molecule has 1 unspecified atom stereocenters. The van der Waals surface area contributed by atoms with E-state index in [0.717, 1.165) is 27.7 Å². The Labute approximate surface area is 167 Å². The van der Waals surface area contributed by atoms with Crippen LogP contribution >= 0.6 is 0 Å². The highest BCUT2D eigenvalue weighted by atomic mass is 19.3. The van der Waals surface area contributed by atoms with E-state index in [1.165, 1.54) is 6.20 Å². The summed E-state index contributed by atoms with van der Waals surface area (Å²) in [5, 5.41) is 3.73. The molecule has 0 saturated heterocycles. The average molecular weight is 393 g/mol. The van der Waals surface area contributed by atoms with Crippen LogP contribution in [0.5, 0.6) is 0 Å². The first-order chi connectivity index (χ1) is 13.9. The molecular formula is C23H21F2N3O. The molecule has 4 rings (SSSR count). The van der Waals surface area contributed by atoms with Crippen molar-refractivity contribution in [3.05, 3.63) is 77.8 Å². The third-order valence-electron chi connectivity index (χ3n) is 5.21. The SMILES string of the molecule is CC(NC(=O)c1cnc2c(C3=CCC(F)(F)CC3)cccc2c1)c1ccccn1. The molecule has 1 N–H and O–H groups in total. The lowest BCUT2D eigenvalue weighted by Gasteiger charge is -2.22. The molecule has 0 fully saturated rings. The number of halogens is 2. The lowest BCUT2D eigenvalue weighted by molar-refractivity contribution is -0.00602. The van der Waals surface area contributed by atoms with Crippen molar-refractivity contribution in [2.45, 2.75) is 38.2 Å². The smallest absolute Gasteiger partial charge is 0.253 e. The molecule has 0 aliphatic heterocycles.